The molecule has 0 unspecified atom stereocenters. The molecule has 0 radical (unpaired) electrons. The summed E-state index contributed by atoms with van der Waals surface area (Å²) in [6.07, 6.45) is 7.77. The molecule has 1 saturated carbocycles. The van der Waals surface area contributed by atoms with Crippen LogP contribution in [0.5, 0.6) is 5.75 Å². The van der Waals surface area contributed by atoms with Gasteiger partial charge in [-0.1, -0.05) is 30.8 Å². The molecule has 3 rings (SSSR count). The highest BCUT2D eigenvalue weighted by Gasteiger charge is 2.19. The van der Waals surface area contributed by atoms with Gasteiger partial charge in [-0.3, -0.25) is 4.90 Å². The van der Waals surface area contributed by atoms with Gasteiger partial charge in [0, 0.05) is 6.04 Å². The summed E-state index contributed by atoms with van der Waals surface area (Å²) in [6.45, 7) is 0.872. The monoisotopic (exact) mass is 333 g/mol. The van der Waals surface area contributed by atoms with Crippen LogP contribution < -0.4 is 4.74 Å². The van der Waals surface area contributed by atoms with Crippen LogP contribution in [0.4, 0.5) is 4.39 Å². The van der Waals surface area contributed by atoms with Crippen molar-refractivity contribution in [3.05, 3.63) is 41.8 Å². The molecule has 6 heteroatoms. The minimum atomic E-state index is -0.286. The normalized spacial score (nSPS) is 16.3. The van der Waals surface area contributed by atoms with E-state index in [-0.39, 0.29) is 12.4 Å². The summed E-state index contributed by atoms with van der Waals surface area (Å²) in [5.41, 5.74) is 0. The van der Waals surface area contributed by atoms with Gasteiger partial charge in [0.1, 0.15) is 11.6 Å². The second-order valence-electron chi connectivity index (χ2n) is 6.41. The average Bonchev–Trinajstić information content (AvgIpc) is 2.85. The lowest BCUT2D eigenvalue weighted by molar-refractivity contribution is 0.187. The lowest BCUT2D eigenvalue weighted by atomic mass is 10.1. The Kier molecular flexibility index (Phi) is 5.80. The van der Waals surface area contributed by atoms with Gasteiger partial charge in [-0.25, -0.2) is 4.39 Å². The van der Waals surface area contributed by atoms with E-state index >= 15 is 0 Å². The second-order valence-corrected chi connectivity index (χ2v) is 6.41. The fourth-order valence-electron chi connectivity index (χ4n) is 3.13. The number of ether oxygens (including phenoxy) is 1. The van der Waals surface area contributed by atoms with Crippen LogP contribution in [0.3, 0.4) is 0 Å². The molecule has 0 atom stereocenters. The van der Waals surface area contributed by atoms with E-state index in [1.54, 1.807) is 12.1 Å². The van der Waals surface area contributed by atoms with Crippen molar-refractivity contribution in [3.8, 4) is 5.75 Å². The molecule has 1 aromatic carbocycles. The fourth-order valence-corrected chi connectivity index (χ4v) is 3.13. The van der Waals surface area contributed by atoms with E-state index in [4.69, 9.17) is 9.26 Å². The number of nitrogens with zero attached hydrogens (tertiary/aromatic N) is 3. The van der Waals surface area contributed by atoms with Crippen molar-refractivity contribution in [1.29, 1.82) is 0 Å². The Balaban J connectivity index is 1.50. The maximum absolute atomic E-state index is 12.9. The summed E-state index contributed by atoms with van der Waals surface area (Å²) < 4.78 is 23.7. The highest BCUT2D eigenvalue weighted by Crippen LogP contribution is 2.22. The van der Waals surface area contributed by atoms with Gasteiger partial charge in [-0.15, -0.1) is 0 Å². The Morgan fingerprint density at radius 3 is 2.58 bits per heavy atom. The summed E-state index contributed by atoms with van der Waals surface area (Å²) in [4.78, 5) is 6.69. The van der Waals surface area contributed by atoms with Gasteiger partial charge in [0.2, 0.25) is 11.7 Å². The van der Waals surface area contributed by atoms with Crippen molar-refractivity contribution in [3.63, 3.8) is 0 Å². The Labute approximate surface area is 141 Å². The van der Waals surface area contributed by atoms with Gasteiger partial charge in [0.15, 0.2) is 6.61 Å². The minimum absolute atomic E-state index is 0.211. The molecule has 0 aliphatic heterocycles. The lowest BCUT2D eigenvalue weighted by Gasteiger charge is -2.25. The number of halogens is 1. The van der Waals surface area contributed by atoms with Gasteiger partial charge in [-0.2, -0.15) is 4.98 Å². The largest absolute Gasteiger partial charge is 0.485 e. The van der Waals surface area contributed by atoms with Gasteiger partial charge in [0.25, 0.3) is 0 Å². The number of hydrogen-bond donors (Lipinski definition) is 0. The van der Waals surface area contributed by atoms with Crippen molar-refractivity contribution < 1.29 is 13.7 Å². The highest BCUT2D eigenvalue weighted by atomic mass is 19.1. The number of aromatic nitrogens is 2. The van der Waals surface area contributed by atoms with E-state index in [9.17, 15) is 4.39 Å². The molecule has 1 aliphatic carbocycles. The van der Waals surface area contributed by atoms with Crippen LogP contribution in [-0.4, -0.2) is 28.1 Å². The zero-order valence-electron chi connectivity index (χ0n) is 14.1. The summed E-state index contributed by atoms with van der Waals surface area (Å²) in [5.74, 6) is 1.41. The average molecular weight is 333 g/mol. The first-order valence-electron chi connectivity index (χ1n) is 8.61. The lowest BCUT2D eigenvalue weighted by Crippen LogP contribution is -2.30. The Morgan fingerprint density at radius 2 is 1.88 bits per heavy atom. The smallest absolute Gasteiger partial charge is 0.240 e. The molecule has 5 nitrogen and oxygen atoms in total. The van der Waals surface area contributed by atoms with Crippen LogP contribution in [0.15, 0.2) is 28.8 Å². The van der Waals surface area contributed by atoms with Gasteiger partial charge in [-0.05, 0) is 44.2 Å². The van der Waals surface area contributed by atoms with E-state index in [1.807, 2.05) is 0 Å². The third-order valence-electron chi connectivity index (χ3n) is 4.52. The van der Waals surface area contributed by atoms with E-state index in [2.05, 4.69) is 22.1 Å². The Morgan fingerprint density at radius 1 is 1.17 bits per heavy atom. The molecule has 2 aromatic rings. The molecule has 0 spiro atoms. The van der Waals surface area contributed by atoms with Crippen LogP contribution in [0.2, 0.25) is 0 Å². The summed E-state index contributed by atoms with van der Waals surface area (Å²) in [7, 11) is 2.12. The third-order valence-corrected chi connectivity index (χ3v) is 4.52. The number of benzene rings is 1. The van der Waals surface area contributed by atoms with Crippen LogP contribution in [0.1, 0.15) is 50.2 Å². The first kappa shape index (κ1) is 16.9. The Hall–Kier alpha value is -1.95. The fraction of sp³-hybridized carbons (Fsp3) is 0.556. The van der Waals surface area contributed by atoms with Crippen molar-refractivity contribution >= 4 is 0 Å². The van der Waals surface area contributed by atoms with Gasteiger partial charge in [0.05, 0.1) is 6.54 Å². The highest BCUT2D eigenvalue weighted by molar-refractivity contribution is 5.22. The first-order valence-corrected chi connectivity index (χ1v) is 8.61. The molecule has 1 aromatic heterocycles. The molecule has 1 fully saturated rings. The van der Waals surface area contributed by atoms with Crippen LogP contribution in [-0.2, 0) is 13.2 Å². The summed E-state index contributed by atoms with van der Waals surface area (Å²) in [5, 5.41) is 3.95. The molecule has 1 heterocycles. The molecule has 0 bridgehead atoms. The topological polar surface area (TPSA) is 51.4 Å². The predicted octanol–water partition coefficient (Wildman–Crippen LogP) is 3.94. The van der Waals surface area contributed by atoms with Crippen LogP contribution in [0.25, 0.3) is 0 Å². The van der Waals surface area contributed by atoms with E-state index in [0.29, 0.717) is 30.1 Å². The molecule has 0 saturated heterocycles. The molecule has 0 N–H and O–H groups in total. The minimum Gasteiger partial charge on any atom is -0.485 e. The zero-order valence-corrected chi connectivity index (χ0v) is 14.1. The maximum Gasteiger partial charge on any atom is 0.240 e. The predicted molar refractivity (Wildman–Crippen MR) is 88.0 cm³/mol. The number of rotatable bonds is 6. The molecular formula is C18H24FN3O2. The van der Waals surface area contributed by atoms with Gasteiger partial charge >= 0.3 is 0 Å². The number of hydrogen-bond acceptors (Lipinski definition) is 5. The standard InChI is InChI=1S/C18H24FN3O2/c1-22(15-6-4-2-3-5-7-15)12-18-20-17(21-24-18)13-23-16-10-8-14(19)9-11-16/h8-11,15H,2-7,12-13H2,1H3. The second kappa shape index (κ2) is 8.24. The van der Waals surface area contributed by atoms with E-state index < -0.39 is 0 Å². The van der Waals surface area contributed by atoms with Crippen molar-refractivity contribution in [1.82, 2.24) is 15.0 Å². The molecule has 24 heavy (non-hydrogen) atoms. The zero-order chi connectivity index (χ0) is 16.8. The van der Waals surface area contributed by atoms with Crippen LogP contribution >= 0.6 is 0 Å². The Bertz CT molecular complexity index is 621. The maximum atomic E-state index is 12.9. The van der Waals surface area contributed by atoms with Crippen molar-refractivity contribution in [2.75, 3.05) is 7.05 Å². The summed E-state index contributed by atoms with van der Waals surface area (Å²) >= 11 is 0. The van der Waals surface area contributed by atoms with Gasteiger partial charge < -0.3 is 9.26 Å². The van der Waals surface area contributed by atoms with E-state index in [0.717, 1.165) is 0 Å². The summed E-state index contributed by atoms with van der Waals surface area (Å²) in [6, 6.07) is 6.47. The SMILES string of the molecule is CN(Cc1nc(COc2ccc(F)cc2)no1)C1CCCCCC1. The van der Waals surface area contributed by atoms with Crippen molar-refractivity contribution in [2.45, 2.75) is 57.7 Å². The third kappa shape index (κ3) is 4.77. The van der Waals surface area contributed by atoms with Crippen LogP contribution in [0, 0.1) is 5.82 Å². The molecular weight excluding hydrogens is 309 g/mol. The molecule has 0 amide bonds. The van der Waals surface area contributed by atoms with E-state index in [1.165, 1.54) is 50.7 Å². The first-order chi connectivity index (χ1) is 11.7. The van der Waals surface area contributed by atoms with Crippen molar-refractivity contribution in [2.24, 2.45) is 0 Å². The molecule has 130 valence electrons. The molecule has 1 aliphatic rings. The quantitative estimate of drug-likeness (QED) is 0.749.